The number of aromatic nitrogens is 2. The van der Waals surface area contributed by atoms with Crippen molar-refractivity contribution >= 4 is 23.2 Å². The monoisotopic (exact) mass is 368 g/mol. The van der Waals surface area contributed by atoms with E-state index in [-0.39, 0.29) is 5.69 Å². The number of hydrogen-bond acceptors (Lipinski definition) is 4. The Morgan fingerprint density at radius 1 is 1.15 bits per heavy atom. The largest absolute Gasteiger partial charge is 0.327 e. The molecule has 0 radical (unpaired) electrons. The van der Waals surface area contributed by atoms with Gasteiger partial charge < -0.3 is 16.0 Å². The van der Waals surface area contributed by atoms with Gasteiger partial charge in [-0.15, -0.1) is 0 Å². The zero-order valence-corrected chi connectivity index (χ0v) is 14.5. The molecule has 1 amide bonds. The van der Waals surface area contributed by atoms with Crippen LogP contribution >= 0.6 is 11.6 Å². The maximum Gasteiger partial charge on any atom is 0.271 e. The van der Waals surface area contributed by atoms with E-state index < -0.39 is 17.5 Å². The van der Waals surface area contributed by atoms with Crippen LogP contribution in [0.3, 0.4) is 0 Å². The van der Waals surface area contributed by atoms with E-state index in [0.29, 0.717) is 11.4 Å². The molecule has 0 aliphatic heterocycles. The molecule has 1 aromatic carbocycles. The molecule has 0 aliphatic carbocycles. The third kappa shape index (κ3) is 4.36. The summed E-state index contributed by atoms with van der Waals surface area (Å²) >= 11 is 5.85. The third-order valence-corrected chi connectivity index (χ3v) is 4.13. The van der Waals surface area contributed by atoms with Crippen LogP contribution in [0.2, 0.25) is 5.02 Å². The van der Waals surface area contributed by atoms with Gasteiger partial charge in [0.2, 0.25) is 5.91 Å². The number of carbonyl (C=O) groups is 1. The number of carbonyl (C=O) groups excluding carboxylic acids is 1. The van der Waals surface area contributed by atoms with Gasteiger partial charge in [-0.1, -0.05) is 23.7 Å². The molecule has 2 heterocycles. The van der Waals surface area contributed by atoms with E-state index in [4.69, 9.17) is 17.3 Å². The van der Waals surface area contributed by atoms with Crippen molar-refractivity contribution in [1.29, 1.82) is 0 Å². The molecule has 3 aromatic rings. The zero-order valence-electron chi connectivity index (χ0n) is 13.8. The first kappa shape index (κ1) is 17.8. The van der Waals surface area contributed by atoms with Crippen molar-refractivity contribution < 1.29 is 4.79 Å². The molecule has 0 bridgehead atoms. The number of nitrogens with two attached hydrogens (primary N) is 1. The van der Waals surface area contributed by atoms with E-state index in [0.717, 1.165) is 16.7 Å². The van der Waals surface area contributed by atoms with Crippen molar-refractivity contribution in [2.24, 2.45) is 5.73 Å². The van der Waals surface area contributed by atoms with Gasteiger partial charge in [0.15, 0.2) is 0 Å². The van der Waals surface area contributed by atoms with Gasteiger partial charge in [-0.05, 0) is 47.9 Å². The van der Waals surface area contributed by atoms with E-state index in [1.807, 2.05) is 24.3 Å². The van der Waals surface area contributed by atoms with E-state index >= 15 is 0 Å². The first-order valence-electron chi connectivity index (χ1n) is 7.97. The molecule has 0 fully saturated rings. The summed E-state index contributed by atoms with van der Waals surface area (Å²) in [5, 5.41) is 3.22. The quantitative estimate of drug-likeness (QED) is 0.644. The minimum atomic E-state index is -0.792. The molecule has 0 aliphatic rings. The number of hydrogen-bond donors (Lipinski definition) is 3. The molecular formula is C19H17ClN4O2. The van der Waals surface area contributed by atoms with Crippen molar-refractivity contribution in [2.45, 2.75) is 12.5 Å². The number of H-pyrrole nitrogens is 1. The first-order valence-corrected chi connectivity index (χ1v) is 8.35. The molecule has 0 saturated carbocycles. The Labute approximate surface area is 155 Å². The standard InChI is InChI=1S/C19H17ClN4O2/c20-15-3-1-12(2-4-15)9-16(21)18(25)24-17-10-14(11-23-19(17)26)13-5-7-22-8-6-13/h1-8,10-11,16H,9,21H2,(H,23,26)(H,24,25)/t16-/m1/s1. The van der Waals surface area contributed by atoms with Gasteiger partial charge in [0, 0.05) is 29.2 Å². The Morgan fingerprint density at radius 3 is 2.54 bits per heavy atom. The normalized spacial score (nSPS) is 11.8. The highest BCUT2D eigenvalue weighted by atomic mass is 35.5. The van der Waals surface area contributed by atoms with Crippen LogP contribution in [0.15, 0.2) is 65.8 Å². The second kappa shape index (κ2) is 7.95. The second-order valence-electron chi connectivity index (χ2n) is 5.79. The predicted octanol–water partition coefficient (Wildman–Crippen LogP) is 2.60. The molecule has 6 nitrogen and oxygen atoms in total. The van der Waals surface area contributed by atoms with Crippen molar-refractivity contribution in [3.8, 4) is 11.1 Å². The van der Waals surface area contributed by atoms with Gasteiger partial charge in [0.1, 0.15) is 5.69 Å². The minimum Gasteiger partial charge on any atom is -0.327 e. The molecule has 132 valence electrons. The molecule has 0 spiro atoms. The summed E-state index contributed by atoms with van der Waals surface area (Å²) in [5.74, 6) is -0.433. The zero-order chi connectivity index (χ0) is 18.5. The fourth-order valence-corrected chi connectivity index (χ4v) is 2.61. The van der Waals surface area contributed by atoms with Gasteiger partial charge in [-0.25, -0.2) is 0 Å². The summed E-state index contributed by atoms with van der Waals surface area (Å²) in [7, 11) is 0. The van der Waals surface area contributed by atoms with Crippen molar-refractivity contribution in [3.63, 3.8) is 0 Å². The predicted molar refractivity (Wildman–Crippen MR) is 102 cm³/mol. The lowest BCUT2D eigenvalue weighted by molar-refractivity contribution is -0.117. The lowest BCUT2D eigenvalue weighted by atomic mass is 10.1. The fraction of sp³-hybridized carbons (Fsp3) is 0.105. The van der Waals surface area contributed by atoms with Crippen LogP contribution in [0.4, 0.5) is 5.69 Å². The van der Waals surface area contributed by atoms with E-state index in [1.54, 1.807) is 36.8 Å². The number of pyridine rings is 2. The Hall–Kier alpha value is -2.96. The third-order valence-electron chi connectivity index (χ3n) is 3.88. The molecule has 26 heavy (non-hydrogen) atoms. The highest BCUT2D eigenvalue weighted by Crippen LogP contribution is 2.18. The van der Waals surface area contributed by atoms with Gasteiger partial charge in [0.25, 0.3) is 5.56 Å². The highest BCUT2D eigenvalue weighted by molar-refractivity contribution is 6.30. The van der Waals surface area contributed by atoms with Gasteiger partial charge in [-0.3, -0.25) is 14.6 Å². The Kier molecular flexibility index (Phi) is 5.46. The van der Waals surface area contributed by atoms with Crippen LogP contribution in [0.25, 0.3) is 11.1 Å². The second-order valence-corrected chi connectivity index (χ2v) is 6.23. The van der Waals surface area contributed by atoms with Gasteiger partial charge >= 0.3 is 0 Å². The smallest absolute Gasteiger partial charge is 0.271 e. The van der Waals surface area contributed by atoms with E-state index in [1.165, 1.54) is 0 Å². The highest BCUT2D eigenvalue weighted by Gasteiger charge is 2.16. The number of anilines is 1. The first-order chi connectivity index (χ1) is 12.5. The lowest BCUT2D eigenvalue weighted by Crippen LogP contribution is -2.38. The van der Waals surface area contributed by atoms with Gasteiger partial charge in [0.05, 0.1) is 6.04 Å². The van der Waals surface area contributed by atoms with Crippen LogP contribution in [-0.2, 0) is 11.2 Å². The summed E-state index contributed by atoms with van der Waals surface area (Å²) < 4.78 is 0. The molecule has 2 aromatic heterocycles. The van der Waals surface area contributed by atoms with Crippen LogP contribution in [-0.4, -0.2) is 21.9 Å². The summed E-state index contributed by atoms with van der Waals surface area (Å²) in [6.45, 7) is 0. The summed E-state index contributed by atoms with van der Waals surface area (Å²) in [4.78, 5) is 31.0. The Balaban J connectivity index is 1.74. The average Bonchev–Trinajstić information content (AvgIpc) is 2.66. The fourth-order valence-electron chi connectivity index (χ4n) is 2.48. The molecule has 4 N–H and O–H groups in total. The summed E-state index contributed by atoms with van der Waals surface area (Å²) in [5.41, 5.74) is 8.24. The van der Waals surface area contributed by atoms with Crippen LogP contribution in [0.5, 0.6) is 0 Å². The van der Waals surface area contributed by atoms with E-state index in [2.05, 4.69) is 15.3 Å². The number of nitrogens with zero attached hydrogens (tertiary/aromatic N) is 1. The number of rotatable bonds is 5. The van der Waals surface area contributed by atoms with Crippen molar-refractivity contribution in [3.05, 3.63) is 82.0 Å². The Bertz CT molecular complexity index is 955. The minimum absolute atomic E-state index is 0.149. The van der Waals surface area contributed by atoms with Crippen molar-refractivity contribution in [2.75, 3.05) is 5.32 Å². The lowest BCUT2D eigenvalue weighted by Gasteiger charge is -2.13. The molecule has 0 unspecified atom stereocenters. The molecule has 0 saturated heterocycles. The molecule has 1 atom stereocenters. The summed E-state index contributed by atoms with van der Waals surface area (Å²) in [6.07, 6.45) is 5.23. The Morgan fingerprint density at radius 2 is 1.85 bits per heavy atom. The SMILES string of the molecule is N[C@H](Cc1ccc(Cl)cc1)C(=O)Nc1cc(-c2ccncc2)c[nH]c1=O. The number of amides is 1. The topological polar surface area (TPSA) is 101 Å². The van der Waals surface area contributed by atoms with Gasteiger partial charge in [-0.2, -0.15) is 0 Å². The van der Waals surface area contributed by atoms with Crippen LogP contribution < -0.4 is 16.6 Å². The molecule has 7 heteroatoms. The maximum atomic E-state index is 12.4. The number of aromatic amines is 1. The summed E-state index contributed by atoms with van der Waals surface area (Å²) in [6, 6.07) is 11.5. The molecular weight excluding hydrogens is 352 g/mol. The molecule has 3 rings (SSSR count). The number of halogens is 1. The van der Waals surface area contributed by atoms with Crippen molar-refractivity contribution in [1.82, 2.24) is 9.97 Å². The number of nitrogens with one attached hydrogen (secondary N) is 2. The van der Waals surface area contributed by atoms with Crippen LogP contribution in [0, 0.1) is 0 Å². The number of benzene rings is 1. The van der Waals surface area contributed by atoms with E-state index in [9.17, 15) is 9.59 Å². The maximum absolute atomic E-state index is 12.4. The average molecular weight is 369 g/mol. The van der Waals surface area contributed by atoms with Crippen LogP contribution in [0.1, 0.15) is 5.56 Å².